The van der Waals surface area contributed by atoms with Gasteiger partial charge >= 0.3 is 0 Å². The average molecular weight is 408 g/mol. The Bertz CT molecular complexity index is 1160. The van der Waals surface area contributed by atoms with Gasteiger partial charge in [-0.15, -0.1) is 0 Å². The Kier molecular flexibility index (Phi) is 5.44. The smallest absolute Gasteiger partial charge is 0.234 e. The first-order chi connectivity index (χ1) is 14.1. The number of nitrogens with one attached hydrogen (secondary N) is 1. The lowest BCUT2D eigenvalue weighted by atomic mass is 10.1. The van der Waals surface area contributed by atoms with Crippen LogP contribution < -0.4 is 10.1 Å². The molecule has 4 aromatic rings. The molecule has 4 rings (SSSR count). The van der Waals surface area contributed by atoms with Crippen LogP contribution in [0.1, 0.15) is 0 Å². The highest BCUT2D eigenvalue weighted by Gasteiger charge is 2.12. The second kappa shape index (κ2) is 8.32. The Balaban J connectivity index is 1.51. The number of carbonyl (C=O) groups is 1. The minimum atomic E-state index is -0.467. The summed E-state index contributed by atoms with van der Waals surface area (Å²) in [6.45, 7) is 0. The Morgan fingerprint density at radius 1 is 1.21 bits per heavy atom. The standard InChI is InChI=1S/C21H17FN4O2S/c1-28-15-8-6-14(7-9-15)18-12-19-21(23-10-11-26(19)25-18)29-13-20(27)24-17-5-3-2-4-16(17)22/h2-12H,13H2,1H3,(H,24,27). The van der Waals surface area contributed by atoms with Crippen molar-refractivity contribution >= 4 is 28.9 Å². The summed E-state index contributed by atoms with van der Waals surface area (Å²) in [6.07, 6.45) is 3.39. The molecule has 0 bridgehead atoms. The molecule has 0 aliphatic rings. The summed E-state index contributed by atoms with van der Waals surface area (Å²) in [7, 11) is 1.62. The lowest BCUT2D eigenvalue weighted by Gasteiger charge is -2.06. The van der Waals surface area contributed by atoms with E-state index >= 15 is 0 Å². The normalized spacial score (nSPS) is 10.8. The number of hydrogen-bond donors (Lipinski definition) is 1. The Labute approximate surface area is 170 Å². The molecule has 2 heterocycles. The number of carbonyl (C=O) groups excluding carboxylic acids is 1. The maximum Gasteiger partial charge on any atom is 0.234 e. The number of fused-ring (bicyclic) bond motifs is 1. The molecule has 1 N–H and O–H groups in total. The molecule has 0 atom stereocenters. The van der Waals surface area contributed by atoms with E-state index in [1.807, 2.05) is 30.3 Å². The first kappa shape index (κ1) is 18.9. The molecule has 6 nitrogen and oxygen atoms in total. The fourth-order valence-electron chi connectivity index (χ4n) is 2.79. The zero-order chi connectivity index (χ0) is 20.2. The Hall–Kier alpha value is -3.39. The van der Waals surface area contributed by atoms with E-state index in [0.717, 1.165) is 22.5 Å². The number of nitrogens with zero attached hydrogens (tertiary/aromatic N) is 3. The fraction of sp³-hybridized carbons (Fsp3) is 0.0952. The van der Waals surface area contributed by atoms with Crippen LogP contribution in [-0.4, -0.2) is 33.4 Å². The third kappa shape index (κ3) is 4.22. The molecule has 0 saturated heterocycles. The molecule has 2 aromatic carbocycles. The first-order valence-electron chi connectivity index (χ1n) is 8.80. The Morgan fingerprint density at radius 3 is 2.76 bits per heavy atom. The van der Waals surface area contributed by atoms with Gasteiger partial charge in [-0.05, 0) is 42.5 Å². The molecule has 0 aliphatic carbocycles. The highest BCUT2D eigenvalue weighted by molar-refractivity contribution is 8.00. The van der Waals surface area contributed by atoms with Crippen LogP contribution in [0.3, 0.4) is 0 Å². The molecule has 0 radical (unpaired) electrons. The monoisotopic (exact) mass is 408 g/mol. The van der Waals surface area contributed by atoms with Crippen molar-refractivity contribution in [2.24, 2.45) is 0 Å². The van der Waals surface area contributed by atoms with E-state index in [9.17, 15) is 9.18 Å². The molecule has 0 saturated carbocycles. The van der Waals surface area contributed by atoms with Crippen LogP contribution in [0.25, 0.3) is 16.8 Å². The largest absolute Gasteiger partial charge is 0.497 e. The lowest BCUT2D eigenvalue weighted by molar-refractivity contribution is -0.113. The minimum absolute atomic E-state index is 0.101. The van der Waals surface area contributed by atoms with Gasteiger partial charge in [-0.1, -0.05) is 23.9 Å². The number of benzene rings is 2. The number of methoxy groups -OCH3 is 1. The average Bonchev–Trinajstić information content (AvgIpc) is 3.19. The van der Waals surface area contributed by atoms with Crippen molar-refractivity contribution in [3.63, 3.8) is 0 Å². The van der Waals surface area contributed by atoms with Crippen molar-refractivity contribution in [2.75, 3.05) is 18.2 Å². The predicted molar refractivity (Wildman–Crippen MR) is 111 cm³/mol. The van der Waals surface area contributed by atoms with Gasteiger partial charge in [0.15, 0.2) is 0 Å². The number of para-hydroxylation sites is 1. The van der Waals surface area contributed by atoms with E-state index in [-0.39, 0.29) is 17.3 Å². The van der Waals surface area contributed by atoms with E-state index in [1.165, 1.54) is 23.9 Å². The molecule has 8 heteroatoms. The van der Waals surface area contributed by atoms with Gasteiger partial charge in [0.2, 0.25) is 5.91 Å². The van der Waals surface area contributed by atoms with Crippen LogP contribution >= 0.6 is 11.8 Å². The van der Waals surface area contributed by atoms with Crippen LogP contribution in [-0.2, 0) is 4.79 Å². The number of thioether (sulfide) groups is 1. The quantitative estimate of drug-likeness (QED) is 0.483. The van der Waals surface area contributed by atoms with Crippen molar-refractivity contribution in [1.29, 1.82) is 0 Å². The van der Waals surface area contributed by atoms with Crippen molar-refractivity contribution in [3.8, 4) is 17.0 Å². The van der Waals surface area contributed by atoms with Crippen molar-refractivity contribution in [2.45, 2.75) is 5.03 Å². The summed E-state index contributed by atoms with van der Waals surface area (Å²) in [5, 5.41) is 7.82. The van der Waals surface area contributed by atoms with Gasteiger partial charge in [-0.25, -0.2) is 13.9 Å². The van der Waals surface area contributed by atoms with E-state index in [4.69, 9.17) is 4.74 Å². The second-order valence-electron chi connectivity index (χ2n) is 6.14. The van der Waals surface area contributed by atoms with Gasteiger partial charge in [0, 0.05) is 18.0 Å². The maximum absolute atomic E-state index is 13.7. The van der Waals surface area contributed by atoms with Crippen LogP contribution in [0.4, 0.5) is 10.1 Å². The van der Waals surface area contributed by atoms with Gasteiger partial charge in [0.05, 0.1) is 29.8 Å². The number of rotatable bonds is 6. The number of hydrogen-bond acceptors (Lipinski definition) is 5. The minimum Gasteiger partial charge on any atom is -0.497 e. The molecule has 2 aromatic heterocycles. The molecular formula is C21H17FN4O2S. The predicted octanol–water partition coefficient (Wildman–Crippen LogP) is 4.27. The first-order valence-corrected chi connectivity index (χ1v) is 9.78. The van der Waals surface area contributed by atoms with Crippen LogP contribution in [0, 0.1) is 5.82 Å². The number of ether oxygens (including phenoxy) is 1. The molecule has 29 heavy (non-hydrogen) atoms. The molecule has 146 valence electrons. The number of aromatic nitrogens is 3. The van der Waals surface area contributed by atoms with Crippen LogP contribution in [0.5, 0.6) is 5.75 Å². The van der Waals surface area contributed by atoms with Crippen LogP contribution in [0.2, 0.25) is 0 Å². The van der Waals surface area contributed by atoms with E-state index in [1.54, 1.807) is 36.2 Å². The lowest BCUT2D eigenvalue weighted by Crippen LogP contribution is -2.15. The van der Waals surface area contributed by atoms with E-state index in [0.29, 0.717) is 5.03 Å². The molecule has 0 aliphatic heterocycles. The number of halogens is 1. The van der Waals surface area contributed by atoms with Crippen molar-refractivity contribution < 1.29 is 13.9 Å². The molecule has 0 fully saturated rings. The SMILES string of the molecule is COc1ccc(-c2cc3c(SCC(=O)Nc4ccccc4F)nccn3n2)cc1. The Morgan fingerprint density at radius 2 is 2.00 bits per heavy atom. The van der Waals surface area contributed by atoms with Crippen molar-refractivity contribution in [3.05, 3.63) is 72.8 Å². The summed E-state index contributed by atoms with van der Waals surface area (Å²) >= 11 is 1.27. The van der Waals surface area contributed by atoms with Crippen molar-refractivity contribution in [1.82, 2.24) is 14.6 Å². The fourth-order valence-corrected chi connectivity index (χ4v) is 3.57. The molecule has 0 spiro atoms. The van der Waals surface area contributed by atoms with E-state index in [2.05, 4.69) is 15.4 Å². The van der Waals surface area contributed by atoms with Crippen LogP contribution in [0.15, 0.2) is 72.0 Å². The van der Waals surface area contributed by atoms with Gasteiger partial charge < -0.3 is 10.1 Å². The zero-order valence-electron chi connectivity index (χ0n) is 15.5. The summed E-state index contributed by atoms with van der Waals surface area (Å²) < 4.78 is 20.6. The second-order valence-corrected chi connectivity index (χ2v) is 7.10. The summed E-state index contributed by atoms with van der Waals surface area (Å²) in [4.78, 5) is 16.6. The zero-order valence-corrected chi connectivity index (χ0v) is 16.3. The van der Waals surface area contributed by atoms with Gasteiger partial charge in [0.1, 0.15) is 16.6 Å². The summed E-state index contributed by atoms with van der Waals surface area (Å²) in [6, 6.07) is 15.6. The summed E-state index contributed by atoms with van der Waals surface area (Å²) in [5.41, 5.74) is 2.69. The number of amides is 1. The maximum atomic E-state index is 13.7. The highest BCUT2D eigenvalue weighted by atomic mass is 32.2. The molecule has 0 unspecified atom stereocenters. The topological polar surface area (TPSA) is 68.5 Å². The van der Waals surface area contributed by atoms with Gasteiger partial charge in [-0.2, -0.15) is 5.10 Å². The highest BCUT2D eigenvalue weighted by Crippen LogP contribution is 2.27. The van der Waals surface area contributed by atoms with Gasteiger partial charge in [0.25, 0.3) is 0 Å². The van der Waals surface area contributed by atoms with E-state index < -0.39 is 5.82 Å². The third-order valence-electron chi connectivity index (χ3n) is 4.23. The molecular weight excluding hydrogens is 391 g/mol. The van der Waals surface area contributed by atoms with Gasteiger partial charge in [-0.3, -0.25) is 4.79 Å². The third-order valence-corrected chi connectivity index (χ3v) is 5.22. The molecule has 1 amide bonds. The summed E-state index contributed by atoms with van der Waals surface area (Å²) in [5.74, 6) is 0.102. The number of anilines is 1.